The van der Waals surface area contributed by atoms with Crippen LogP contribution in [0, 0.1) is 0 Å². The molecule has 8 nitrogen and oxygen atoms in total. The zero-order valence-corrected chi connectivity index (χ0v) is 12.1. The minimum absolute atomic E-state index is 0.137. The lowest BCUT2D eigenvalue weighted by Crippen LogP contribution is -2.53. The smallest absolute Gasteiger partial charge is 0.307 e. The molecule has 2 N–H and O–H groups in total. The van der Waals surface area contributed by atoms with Crippen molar-refractivity contribution in [2.24, 2.45) is 0 Å². The summed E-state index contributed by atoms with van der Waals surface area (Å²) >= 11 is 0. The normalized spacial score (nSPS) is 18.9. The summed E-state index contributed by atoms with van der Waals surface area (Å²) in [7, 11) is 0. The lowest BCUT2D eigenvalue weighted by Gasteiger charge is -2.35. The lowest BCUT2D eigenvalue weighted by molar-refractivity contribution is -0.150. The van der Waals surface area contributed by atoms with Crippen LogP contribution >= 0.6 is 0 Å². The molecule has 2 atom stereocenters. The summed E-state index contributed by atoms with van der Waals surface area (Å²) in [4.78, 5) is 36.8. The fourth-order valence-electron chi connectivity index (χ4n) is 2.08. The number of carbonyl (C=O) groups is 3. The highest BCUT2D eigenvalue weighted by Gasteiger charge is 2.30. The van der Waals surface area contributed by atoms with Crippen LogP contribution in [0.5, 0.6) is 0 Å². The largest absolute Gasteiger partial charge is 0.466 e. The van der Waals surface area contributed by atoms with Crippen LogP contribution in [0.2, 0.25) is 0 Å². The highest BCUT2D eigenvalue weighted by atomic mass is 16.5. The van der Waals surface area contributed by atoms with Crippen LogP contribution in [0.15, 0.2) is 0 Å². The number of piperazine rings is 1. The van der Waals surface area contributed by atoms with Crippen molar-refractivity contribution in [3.63, 3.8) is 0 Å². The zero-order valence-electron chi connectivity index (χ0n) is 12.1. The van der Waals surface area contributed by atoms with Gasteiger partial charge >= 0.3 is 5.97 Å². The molecule has 0 aromatic rings. The zero-order chi connectivity index (χ0) is 15.8. The summed E-state index contributed by atoms with van der Waals surface area (Å²) < 4.78 is 4.84. The van der Waals surface area contributed by atoms with Crippen molar-refractivity contribution in [3.8, 4) is 0 Å². The predicted octanol–water partition coefficient (Wildman–Crippen LogP) is -2.00. The van der Waals surface area contributed by atoms with Crippen LogP contribution in [-0.2, 0) is 19.1 Å². The maximum atomic E-state index is 11.8. The van der Waals surface area contributed by atoms with E-state index in [-0.39, 0.29) is 12.3 Å². The fourth-order valence-corrected chi connectivity index (χ4v) is 2.08. The molecule has 2 unspecified atom stereocenters. The Morgan fingerprint density at radius 2 is 1.86 bits per heavy atom. The summed E-state index contributed by atoms with van der Waals surface area (Å²) in [5, 5.41) is 18.6. The minimum Gasteiger partial charge on any atom is -0.466 e. The quantitative estimate of drug-likeness (QED) is 0.414. The summed E-state index contributed by atoms with van der Waals surface area (Å²) in [6.45, 7) is 4.55. The van der Waals surface area contributed by atoms with Crippen molar-refractivity contribution >= 4 is 18.2 Å². The molecule has 120 valence electrons. The van der Waals surface area contributed by atoms with E-state index in [1.807, 2.05) is 4.90 Å². The second-order valence-corrected chi connectivity index (χ2v) is 4.79. The Kier molecular flexibility index (Phi) is 7.27. The molecule has 0 spiro atoms. The van der Waals surface area contributed by atoms with E-state index in [4.69, 9.17) is 9.84 Å². The third-order valence-corrected chi connectivity index (χ3v) is 3.34. The first-order chi connectivity index (χ1) is 9.99. The first kappa shape index (κ1) is 17.5. The molecule has 1 aliphatic heterocycles. The molecular formula is C13H22N2O6. The monoisotopic (exact) mass is 302 g/mol. The van der Waals surface area contributed by atoms with E-state index in [0.29, 0.717) is 45.8 Å². The molecule has 1 rings (SSSR count). The number of hydrogen-bond donors (Lipinski definition) is 2. The van der Waals surface area contributed by atoms with Gasteiger partial charge in [0.2, 0.25) is 0 Å². The van der Waals surface area contributed by atoms with Gasteiger partial charge in [-0.25, -0.2) is 0 Å². The van der Waals surface area contributed by atoms with E-state index in [1.165, 1.54) is 4.90 Å². The van der Waals surface area contributed by atoms with Crippen molar-refractivity contribution in [2.75, 3.05) is 39.3 Å². The van der Waals surface area contributed by atoms with Crippen molar-refractivity contribution in [1.29, 1.82) is 0 Å². The first-order valence-electron chi connectivity index (χ1n) is 6.97. The Balaban J connectivity index is 2.33. The lowest BCUT2D eigenvalue weighted by atomic mass is 10.2. The Morgan fingerprint density at radius 3 is 2.38 bits per heavy atom. The van der Waals surface area contributed by atoms with Crippen LogP contribution < -0.4 is 0 Å². The van der Waals surface area contributed by atoms with Gasteiger partial charge in [0.1, 0.15) is 6.10 Å². The van der Waals surface area contributed by atoms with Crippen LogP contribution in [0.3, 0.4) is 0 Å². The number of aldehydes is 1. The maximum absolute atomic E-state index is 11.8. The van der Waals surface area contributed by atoms with Gasteiger partial charge in [0, 0.05) is 32.7 Å². The fraction of sp³-hybridized carbons (Fsp3) is 0.769. The molecule has 1 saturated heterocycles. The van der Waals surface area contributed by atoms with Crippen LogP contribution in [0.4, 0.5) is 0 Å². The predicted molar refractivity (Wildman–Crippen MR) is 72.3 cm³/mol. The molecule has 0 aliphatic carbocycles. The summed E-state index contributed by atoms with van der Waals surface area (Å²) in [6, 6.07) is 0. The van der Waals surface area contributed by atoms with Gasteiger partial charge < -0.3 is 24.6 Å². The number of amides is 1. The number of hydrogen-bond acceptors (Lipinski definition) is 7. The van der Waals surface area contributed by atoms with Gasteiger partial charge in [-0.15, -0.1) is 0 Å². The van der Waals surface area contributed by atoms with Gasteiger partial charge in [0.05, 0.1) is 13.0 Å². The highest BCUT2D eigenvalue weighted by Crippen LogP contribution is 2.06. The highest BCUT2D eigenvalue weighted by molar-refractivity contribution is 5.84. The Bertz CT molecular complexity index is 368. The van der Waals surface area contributed by atoms with Gasteiger partial charge in [-0.1, -0.05) is 0 Å². The van der Waals surface area contributed by atoms with E-state index in [1.54, 1.807) is 6.92 Å². The van der Waals surface area contributed by atoms with Crippen molar-refractivity contribution in [1.82, 2.24) is 9.80 Å². The molecule has 0 bridgehead atoms. The van der Waals surface area contributed by atoms with Crippen LogP contribution in [0.1, 0.15) is 13.3 Å². The number of esters is 1. The van der Waals surface area contributed by atoms with Crippen molar-refractivity contribution in [2.45, 2.75) is 25.6 Å². The minimum atomic E-state index is -1.71. The number of carbonyl (C=O) groups excluding carboxylic acids is 3. The number of aliphatic hydroxyl groups excluding tert-OH is 2. The van der Waals surface area contributed by atoms with Gasteiger partial charge in [-0.05, 0) is 6.92 Å². The summed E-state index contributed by atoms with van der Waals surface area (Å²) in [6.07, 6.45) is -2.97. The van der Waals surface area contributed by atoms with E-state index < -0.39 is 18.1 Å². The summed E-state index contributed by atoms with van der Waals surface area (Å²) in [5.41, 5.74) is 0. The average Bonchev–Trinajstić information content (AvgIpc) is 2.51. The topological polar surface area (TPSA) is 107 Å². The molecule has 0 saturated carbocycles. The SMILES string of the molecule is CCOC(=O)CCN1CCN(C(=O)C(O)C(O)C=O)CC1. The summed E-state index contributed by atoms with van der Waals surface area (Å²) in [5.74, 6) is -0.903. The molecule has 1 aliphatic rings. The molecule has 21 heavy (non-hydrogen) atoms. The number of nitrogens with zero attached hydrogens (tertiary/aromatic N) is 2. The third-order valence-electron chi connectivity index (χ3n) is 3.34. The number of ether oxygens (including phenoxy) is 1. The first-order valence-corrected chi connectivity index (χ1v) is 6.97. The Hall–Kier alpha value is -1.51. The van der Waals surface area contributed by atoms with Crippen LogP contribution in [0.25, 0.3) is 0 Å². The van der Waals surface area contributed by atoms with E-state index in [2.05, 4.69) is 0 Å². The Labute approximate surface area is 123 Å². The molecule has 1 amide bonds. The average molecular weight is 302 g/mol. The number of rotatable bonds is 7. The Morgan fingerprint density at radius 1 is 1.24 bits per heavy atom. The van der Waals surface area contributed by atoms with Crippen molar-refractivity contribution < 1.29 is 29.3 Å². The van der Waals surface area contributed by atoms with Crippen LogP contribution in [-0.4, -0.2) is 89.7 Å². The molecular weight excluding hydrogens is 280 g/mol. The molecule has 0 aromatic heterocycles. The van der Waals surface area contributed by atoms with Gasteiger partial charge in [-0.2, -0.15) is 0 Å². The third kappa shape index (κ3) is 5.41. The number of aliphatic hydroxyl groups is 2. The van der Waals surface area contributed by atoms with Gasteiger partial charge in [0.15, 0.2) is 12.4 Å². The molecule has 1 fully saturated rings. The van der Waals surface area contributed by atoms with E-state index in [9.17, 15) is 19.5 Å². The van der Waals surface area contributed by atoms with Gasteiger partial charge in [-0.3, -0.25) is 14.5 Å². The van der Waals surface area contributed by atoms with E-state index >= 15 is 0 Å². The molecule has 0 radical (unpaired) electrons. The standard InChI is InChI=1S/C13H22N2O6/c1-2-21-11(18)3-4-14-5-7-15(8-6-14)13(20)12(19)10(17)9-16/h9-10,12,17,19H,2-8H2,1H3. The second-order valence-electron chi connectivity index (χ2n) is 4.79. The molecule has 1 heterocycles. The molecule has 0 aromatic carbocycles. The maximum Gasteiger partial charge on any atom is 0.307 e. The molecule has 8 heteroatoms. The second kappa shape index (κ2) is 8.71. The van der Waals surface area contributed by atoms with Crippen molar-refractivity contribution in [3.05, 3.63) is 0 Å². The van der Waals surface area contributed by atoms with E-state index in [0.717, 1.165) is 0 Å². The van der Waals surface area contributed by atoms with Gasteiger partial charge in [0.25, 0.3) is 5.91 Å².